The maximum Gasteiger partial charge on any atom is 0.289 e. The minimum Gasteiger partial charge on any atom is -0.759 e. The summed E-state index contributed by atoms with van der Waals surface area (Å²) in [6.07, 6.45) is 5.03. The molecule has 0 spiro atoms. The Morgan fingerprint density at radius 3 is 1.17 bits per heavy atom. The van der Waals surface area contributed by atoms with E-state index in [1.807, 2.05) is 104 Å². The lowest BCUT2D eigenvalue weighted by molar-refractivity contribution is -0.691. The largest absolute Gasteiger partial charge is 0.759 e. The van der Waals surface area contributed by atoms with E-state index in [1.54, 1.807) is 0 Å². The number of aliphatic hydroxyl groups excluding tert-OH is 4. The Balaban J connectivity index is 0.000000286. The zero-order chi connectivity index (χ0) is 35.0. The van der Waals surface area contributed by atoms with Crippen LogP contribution in [0.15, 0.2) is 85.5 Å². The highest BCUT2D eigenvalue weighted by atomic mass is 35.5. The molecule has 0 aliphatic rings. The van der Waals surface area contributed by atoms with E-state index >= 15 is 0 Å². The summed E-state index contributed by atoms with van der Waals surface area (Å²) in [4.78, 5) is 0. The SMILES string of the molecule is O=S(=O)([O-])[O-].OC(CCl)Cn1cc[n+](CC(O)CCl)c1-c1ccccc1.OC(CCl)Cn1cc[n+](CC(O)CCl)c1-c1ccccc1. The van der Waals surface area contributed by atoms with Crippen molar-refractivity contribution in [2.24, 2.45) is 0 Å². The molecule has 2 heterocycles. The van der Waals surface area contributed by atoms with Crippen LogP contribution in [0, 0.1) is 0 Å². The fourth-order valence-corrected chi connectivity index (χ4v) is 4.86. The lowest BCUT2D eigenvalue weighted by atomic mass is 10.2. The van der Waals surface area contributed by atoms with E-state index in [0.29, 0.717) is 26.2 Å². The van der Waals surface area contributed by atoms with Gasteiger partial charge in [-0.3, -0.25) is 8.42 Å². The molecule has 4 atom stereocenters. The van der Waals surface area contributed by atoms with Gasteiger partial charge >= 0.3 is 0 Å². The van der Waals surface area contributed by atoms with Crippen molar-refractivity contribution in [1.29, 1.82) is 0 Å². The summed E-state index contributed by atoms with van der Waals surface area (Å²) in [5.74, 6) is 2.52. The number of rotatable bonds is 14. The van der Waals surface area contributed by atoms with Gasteiger partial charge in [-0.15, -0.1) is 46.4 Å². The van der Waals surface area contributed by atoms with Crippen LogP contribution in [0.4, 0.5) is 0 Å². The van der Waals surface area contributed by atoms with Gasteiger partial charge in [0.15, 0.2) is 0 Å². The van der Waals surface area contributed by atoms with E-state index < -0.39 is 34.8 Å². The summed E-state index contributed by atoms with van der Waals surface area (Å²) in [5.41, 5.74) is 2.01. The molecule has 0 fully saturated rings. The molecule has 0 saturated heterocycles. The monoisotopic (exact) mass is 754 g/mol. The molecule has 2 aromatic heterocycles. The second-order valence-electron chi connectivity index (χ2n) is 10.2. The third kappa shape index (κ3) is 14.8. The minimum atomic E-state index is -5.17. The molecule has 4 unspecified atom stereocenters. The van der Waals surface area contributed by atoms with E-state index in [9.17, 15) is 20.4 Å². The molecule has 4 N–H and O–H groups in total. The molecule has 47 heavy (non-hydrogen) atoms. The van der Waals surface area contributed by atoms with Crippen molar-refractivity contribution >= 4 is 56.8 Å². The molecule has 12 nitrogen and oxygen atoms in total. The molecule has 4 rings (SSSR count). The fraction of sp³-hybridized carbons (Fsp3) is 0.400. The summed E-state index contributed by atoms with van der Waals surface area (Å²) in [6, 6.07) is 19.7. The fourth-order valence-electron chi connectivity index (χ4n) is 4.46. The molecule has 0 amide bonds. The molecular formula is C30H38Cl4N4O8S. The first-order chi connectivity index (χ1) is 22.3. The Labute approximate surface area is 294 Å². The van der Waals surface area contributed by atoms with Crippen molar-refractivity contribution in [3.05, 3.63) is 85.5 Å². The predicted molar refractivity (Wildman–Crippen MR) is 178 cm³/mol. The molecule has 17 heteroatoms. The van der Waals surface area contributed by atoms with Crippen LogP contribution in [0.1, 0.15) is 0 Å². The highest BCUT2D eigenvalue weighted by molar-refractivity contribution is 7.79. The third-order valence-corrected chi connectivity index (χ3v) is 7.77. The Kier molecular flexibility index (Phi) is 18.2. The maximum atomic E-state index is 9.79. The van der Waals surface area contributed by atoms with Crippen molar-refractivity contribution < 1.29 is 47.1 Å². The molecule has 0 saturated carbocycles. The van der Waals surface area contributed by atoms with Crippen LogP contribution in [-0.4, -0.2) is 95.0 Å². The summed E-state index contributed by atoms with van der Waals surface area (Å²) in [5, 5.41) is 39.1. The van der Waals surface area contributed by atoms with Crippen LogP contribution in [0.2, 0.25) is 0 Å². The number of aromatic nitrogens is 4. The first kappa shape index (κ1) is 40.9. The van der Waals surface area contributed by atoms with Crippen molar-refractivity contribution in [2.45, 2.75) is 50.6 Å². The average Bonchev–Trinajstić information content (AvgIpc) is 3.63. The highest BCUT2D eigenvalue weighted by Gasteiger charge is 2.24. The third-order valence-electron chi connectivity index (χ3n) is 6.35. The number of alkyl halides is 4. The molecule has 0 aliphatic carbocycles. The smallest absolute Gasteiger partial charge is 0.289 e. The Bertz CT molecular complexity index is 1390. The van der Waals surface area contributed by atoms with Crippen LogP contribution in [0.3, 0.4) is 0 Å². The molecule has 0 radical (unpaired) electrons. The van der Waals surface area contributed by atoms with Gasteiger partial charge in [0.2, 0.25) is 0 Å². The van der Waals surface area contributed by atoms with Crippen molar-refractivity contribution in [1.82, 2.24) is 9.13 Å². The van der Waals surface area contributed by atoms with Gasteiger partial charge in [-0.1, -0.05) is 36.4 Å². The number of aliphatic hydroxyl groups is 4. The van der Waals surface area contributed by atoms with E-state index in [-0.39, 0.29) is 23.5 Å². The van der Waals surface area contributed by atoms with Crippen molar-refractivity contribution in [3.63, 3.8) is 0 Å². The molecule has 0 aliphatic heterocycles. The number of hydrogen-bond acceptors (Lipinski definition) is 8. The van der Waals surface area contributed by atoms with Crippen molar-refractivity contribution in [2.75, 3.05) is 23.5 Å². The van der Waals surface area contributed by atoms with Gasteiger partial charge in [-0.25, -0.2) is 18.3 Å². The highest BCUT2D eigenvalue weighted by Crippen LogP contribution is 2.18. The number of nitrogens with zero attached hydrogens (tertiary/aromatic N) is 4. The van der Waals surface area contributed by atoms with Gasteiger partial charge in [0.1, 0.15) is 75.4 Å². The molecule has 4 aromatic rings. The Hall–Kier alpha value is -2.27. The van der Waals surface area contributed by atoms with E-state index in [1.165, 1.54) is 0 Å². The lowest BCUT2D eigenvalue weighted by Crippen LogP contribution is -2.41. The number of imidazole rings is 2. The number of hydrogen-bond donors (Lipinski definition) is 4. The summed E-state index contributed by atoms with van der Waals surface area (Å²) in [7, 11) is -5.17. The van der Waals surface area contributed by atoms with Gasteiger partial charge in [0.05, 0.1) is 34.6 Å². The van der Waals surface area contributed by atoms with Gasteiger partial charge in [0.25, 0.3) is 11.6 Å². The van der Waals surface area contributed by atoms with Crippen molar-refractivity contribution in [3.8, 4) is 22.8 Å². The average molecular weight is 757 g/mol. The van der Waals surface area contributed by atoms with Gasteiger partial charge < -0.3 is 29.5 Å². The van der Waals surface area contributed by atoms with Crippen LogP contribution < -0.4 is 9.13 Å². The lowest BCUT2D eigenvalue weighted by Gasteiger charge is -2.09. The van der Waals surface area contributed by atoms with E-state index in [4.69, 9.17) is 63.9 Å². The van der Waals surface area contributed by atoms with Crippen LogP contribution >= 0.6 is 46.4 Å². The zero-order valence-corrected chi connectivity index (χ0v) is 29.0. The summed E-state index contributed by atoms with van der Waals surface area (Å²) in [6.45, 7) is 1.60. The molecule has 0 bridgehead atoms. The quantitative estimate of drug-likeness (QED) is 0.0653. The predicted octanol–water partition coefficient (Wildman–Crippen LogP) is 1.95. The Morgan fingerprint density at radius 1 is 0.596 bits per heavy atom. The number of benzene rings is 2. The zero-order valence-electron chi connectivity index (χ0n) is 25.2. The van der Waals surface area contributed by atoms with Gasteiger partial charge in [-0.2, -0.15) is 0 Å². The van der Waals surface area contributed by atoms with E-state index in [2.05, 4.69) is 0 Å². The van der Waals surface area contributed by atoms with Crippen LogP contribution in [0.5, 0.6) is 0 Å². The second kappa shape index (κ2) is 21.0. The summed E-state index contributed by atoms with van der Waals surface area (Å²) < 4.78 is 41.8. The van der Waals surface area contributed by atoms with E-state index in [0.717, 1.165) is 22.8 Å². The first-order valence-electron chi connectivity index (χ1n) is 14.2. The molecule has 2 aromatic carbocycles. The number of halogens is 4. The Morgan fingerprint density at radius 2 is 0.894 bits per heavy atom. The van der Waals surface area contributed by atoms with Gasteiger partial charge in [-0.05, 0) is 24.3 Å². The normalized spacial score (nSPS) is 13.8. The second-order valence-corrected chi connectivity index (χ2v) is 12.3. The summed E-state index contributed by atoms with van der Waals surface area (Å²) >= 11 is 22.7. The van der Waals surface area contributed by atoms with Crippen LogP contribution in [0.25, 0.3) is 22.8 Å². The topological polar surface area (TPSA) is 179 Å². The maximum absolute atomic E-state index is 9.79. The van der Waals surface area contributed by atoms with Gasteiger partial charge in [0, 0.05) is 10.4 Å². The molecular weight excluding hydrogens is 718 g/mol. The first-order valence-corrected chi connectivity index (χ1v) is 17.7. The molecule has 260 valence electrons. The van der Waals surface area contributed by atoms with Crippen LogP contribution in [-0.2, 0) is 36.6 Å². The minimum absolute atomic E-state index is 0.177. The standard InChI is InChI=1S/2C15H19Cl2N2O2.H2O4S/c2*16-8-13(20)10-18-6-7-19(11-14(21)9-17)15(18)12-4-2-1-3-5-12;1-5(2,3)4/h2*1-7,13-14,20-21H,8-11H2;(H2,1,2,3,4)/q2*+1;/p-2.